The second kappa shape index (κ2) is 6.08. The molecule has 0 aliphatic heterocycles. The van der Waals surface area contributed by atoms with E-state index in [1.165, 1.54) is 40.8 Å². The molecular formula is C12H16N6OS. The van der Waals surface area contributed by atoms with Gasteiger partial charge in [-0.05, 0) is 36.1 Å². The lowest BCUT2D eigenvalue weighted by molar-refractivity contribution is -0.121. The number of hydrogen-bond acceptors (Lipinski definition) is 6. The van der Waals surface area contributed by atoms with Gasteiger partial charge in [0, 0.05) is 17.8 Å². The first-order valence-electron chi connectivity index (χ1n) is 6.76. The van der Waals surface area contributed by atoms with E-state index in [4.69, 9.17) is 0 Å². The van der Waals surface area contributed by atoms with Crippen molar-refractivity contribution in [1.29, 1.82) is 0 Å². The summed E-state index contributed by atoms with van der Waals surface area (Å²) in [4.78, 5) is 17.7. The zero-order valence-corrected chi connectivity index (χ0v) is 11.9. The summed E-state index contributed by atoms with van der Waals surface area (Å²) >= 11 is 1.79. The fourth-order valence-electron chi connectivity index (χ4n) is 2.28. The third-order valence-electron chi connectivity index (χ3n) is 3.25. The molecule has 0 radical (unpaired) electrons. The van der Waals surface area contributed by atoms with Crippen LogP contribution in [0.15, 0.2) is 6.33 Å². The zero-order chi connectivity index (χ0) is 13.8. The SMILES string of the molecule is O=C(Cn1cnnn1)NCCc1nc2c(s1)CCCC2. The molecule has 0 aromatic carbocycles. The number of rotatable bonds is 5. The van der Waals surface area contributed by atoms with Gasteiger partial charge in [-0.15, -0.1) is 16.4 Å². The van der Waals surface area contributed by atoms with Gasteiger partial charge in [0.15, 0.2) is 0 Å². The summed E-state index contributed by atoms with van der Waals surface area (Å²) in [5.41, 5.74) is 1.27. The van der Waals surface area contributed by atoms with Crippen molar-refractivity contribution in [3.63, 3.8) is 0 Å². The average molecular weight is 292 g/mol. The van der Waals surface area contributed by atoms with Crippen molar-refractivity contribution < 1.29 is 4.79 Å². The molecule has 106 valence electrons. The van der Waals surface area contributed by atoms with Crippen molar-refractivity contribution >= 4 is 17.2 Å². The second-order valence-corrected chi connectivity index (χ2v) is 5.96. The molecule has 2 aromatic heterocycles. The predicted octanol–water partition coefficient (Wildman–Crippen LogP) is 0.367. The molecular weight excluding hydrogens is 276 g/mol. The van der Waals surface area contributed by atoms with Crippen LogP contribution in [0.2, 0.25) is 0 Å². The first-order chi connectivity index (χ1) is 9.81. The van der Waals surface area contributed by atoms with Crippen LogP contribution in [0.3, 0.4) is 0 Å². The molecule has 7 nitrogen and oxygen atoms in total. The van der Waals surface area contributed by atoms with Gasteiger partial charge in [0.1, 0.15) is 12.9 Å². The Kier molecular flexibility index (Phi) is 4.00. The van der Waals surface area contributed by atoms with Gasteiger partial charge in [-0.1, -0.05) is 0 Å². The number of amides is 1. The topological polar surface area (TPSA) is 85.6 Å². The van der Waals surface area contributed by atoms with Crippen LogP contribution in [0.25, 0.3) is 0 Å². The van der Waals surface area contributed by atoms with Crippen molar-refractivity contribution in [3.8, 4) is 0 Å². The number of hydrogen-bond donors (Lipinski definition) is 1. The lowest BCUT2D eigenvalue weighted by Crippen LogP contribution is -2.29. The maximum Gasteiger partial charge on any atom is 0.241 e. The number of carbonyl (C=O) groups excluding carboxylic acids is 1. The van der Waals surface area contributed by atoms with E-state index in [-0.39, 0.29) is 12.5 Å². The summed E-state index contributed by atoms with van der Waals surface area (Å²) in [5, 5.41) is 14.6. The molecule has 8 heteroatoms. The minimum atomic E-state index is -0.0846. The molecule has 20 heavy (non-hydrogen) atoms. The van der Waals surface area contributed by atoms with Crippen molar-refractivity contribution in [1.82, 2.24) is 30.5 Å². The quantitative estimate of drug-likeness (QED) is 0.860. The van der Waals surface area contributed by atoms with E-state index in [0.29, 0.717) is 6.54 Å². The minimum Gasteiger partial charge on any atom is -0.354 e. The van der Waals surface area contributed by atoms with Crippen LogP contribution < -0.4 is 5.32 Å². The molecule has 3 rings (SSSR count). The summed E-state index contributed by atoms with van der Waals surface area (Å²) in [6.07, 6.45) is 7.01. The van der Waals surface area contributed by atoms with Crippen molar-refractivity contribution in [3.05, 3.63) is 21.9 Å². The van der Waals surface area contributed by atoms with Gasteiger partial charge in [-0.3, -0.25) is 4.79 Å². The predicted molar refractivity (Wildman–Crippen MR) is 73.3 cm³/mol. The molecule has 1 amide bonds. The summed E-state index contributed by atoms with van der Waals surface area (Å²) in [6.45, 7) is 0.759. The Hall–Kier alpha value is -1.83. The normalized spacial score (nSPS) is 14.0. The maximum absolute atomic E-state index is 11.7. The highest BCUT2D eigenvalue weighted by molar-refractivity contribution is 7.11. The first kappa shape index (κ1) is 13.2. The van der Waals surface area contributed by atoms with E-state index in [1.807, 2.05) is 0 Å². The van der Waals surface area contributed by atoms with Gasteiger partial charge < -0.3 is 5.32 Å². The fraction of sp³-hybridized carbons (Fsp3) is 0.583. The van der Waals surface area contributed by atoms with Crippen LogP contribution in [0.5, 0.6) is 0 Å². The van der Waals surface area contributed by atoms with Gasteiger partial charge in [-0.2, -0.15) is 0 Å². The number of nitrogens with zero attached hydrogens (tertiary/aromatic N) is 5. The lowest BCUT2D eigenvalue weighted by Gasteiger charge is -2.06. The number of aryl methyl sites for hydroxylation is 2. The van der Waals surface area contributed by atoms with E-state index in [0.717, 1.165) is 17.8 Å². The van der Waals surface area contributed by atoms with Crippen molar-refractivity contribution in [2.24, 2.45) is 0 Å². The Morgan fingerprint density at radius 3 is 3.10 bits per heavy atom. The van der Waals surface area contributed by atoms with Crippen LogP contribution in [0.4, 0.5) is 0 Å². The van der Waals surface area contributed by atoms with E-state index in [1.54, 1.807) is 11.3 Å². The standard InChI is InChI=1S/C12H16N6OS/c19-11(7-18-8-14-16-17-18)13-6-5-12-15-9-3-1-2-4-10(9)20-12/h8H,1-7H2,(H,13,19). The highest BCUT2D eigenvalue weighted by Crippen LogP contribution is 2.26. The number of nitrogens with one attached hydrogen (secondary N) is 1. The minimum absolute atomic E-state index is 0.0846. The van der Waals surface area contributed by atoms with Crippen molar-refractivity contribution in [2.75, 3.05) is 6.54 Å². The highest BCUT2D eigenvalue weighted by atomic mass is 32.1. The summed E-state index contributed by atoms with van der Waals surface area (Å²) in [6, 6.07) is 0. The highest BCUT2D eigenvalue weighted by Gasteiger charge is 2.14. The molecule has 2 aromatic rings. The first-order valence-corrected chi connectivity index (χ1v) is 7.58. The van der Waals surface area contributed by atoms with Crippen molar-refractivity contribution in [2.45, 2.75) is 38.6 Å². The van der Waals surface area contributed by atoms with Crippen LogP contribution in [0.1, 0.15) is 28.4 Å². The molecule has 1 aliphatic carbocycles. The van der Waals surface area contributed by atoms with Gasteiger partial charge in [0.2, 0.25) is 5.91 Å². The Morgan fingerprint density at radius 2 is 2.30 bits per heavy atom. The molecule has 0 fully saturated rings. The zero-order valence-electron chi connectivity index (χ0n) is 11.1. The molecule has 0 bridgehead atoms. The van der Waals surface area contributed by atoms with Gasteiger partial charge in [0.25, 0.3) is 0 Å². The monoisotopic (exact) mass is 292 g/mol. The average Bonchev–Trinajstić information content (AvgIpc) is 3.07. The Morgan fingerprint density at radius 1 is 1.40 bits per heavy atom. The summed E-state index contributed by atoms with van der Waals surface area (Å²) in [5.74, 6) is -0.0846. The Balaban J connectivity index is 1.45. The molecule has 0 saturated carbocycles. The van der Waals surface area contributed by atoms with E-state index < -0.39 is 0 Å². The number of fused-ring (bicyclic) bond motifs is 1. The molecule has 2 heterocycles. The molecule has 0 atom stereocenters. The fourth-order valence-corrected chi connectivity index (χ4v) is 3.43. The van der Waals surface area contributed by atoms with Crippen LogP contribution >= 0.6 is 11.3 Å². The second-order valence-electron chi connectivity index (χ2n) is 4.79. The number of tetrazole rings is 1. The third-order valence-corrected chi connectivity index (χ3v) is 4.47. The number of carbonyl (C=O) groups is 1. The van der Waals surface area contributed by atoms with Gasteiger partial charge in [-0.25, -0.2) is 9.67 Å². The van der Waals surface area contributed by atoms with Crippen LogP contribution in [-0.2, 0) is 30.6 Å². The molecule has 0 saturated heterocycles. The van der Waals surface area contributed by atoms with E-state index >= 15 is 0 Å². The Labute approximate surface area is 120 Å². The van der Waals surface area contributed by atoms with E-state index in [9.17, 15) is 4.79 Å². The van der Waals surface area contributed by atoms with E-state index in [2.05, 4.69) is 25.8 Å². The van der Waals surface area contributed by atoms with Gasteiger partial charge in [0.05, 0.1) is 10.7 Å². The number of thiazole rings is 1. The number of aromatic nitrogens is 5. The molecule has 1 aliphatic rings. The van der Waals surface area contributed by atoms with Crippen LogP contribution in [0, 0.1) is 0 Å². The lowest BCUT2D eigenvalue weighted by atomic mass is 10.0. The molecule has 1 N–H and O–H groups in total. The smallest absolute Gasteiger partial charge is 0.241 e. The summed E-state index contributed by atoms with van der Waals surface area (Å²) < 4.78 is 1.40. The maximum atomic E-state index is 11.7. The summed E-state index contributed by atoms with van der Waals surface area (Å²) in [7, 11) is 0. The largest absolute Gasteiger partial charge is 0.354 e. The molecule has 0 unspecified atom stereocenters. The van der Waals surface area contributed by atoms with Crippen LogP contribution in [-0.4, -0.2) is 37.6 Å². The Bertz CT molecular complexity index is 555. The van der Waals surface area contributed by atoms with Gasteiger partial charge >= 0.3 is 0 Å². The molecule has 0 spiro atoms. The third kappa shape index (κ3) is 3.19.